The van der Waals surface area contributed by atoms with Gasteiger partial charge in [0.1, 0.15) is 6.26 Å². The van der Waals surface area contributed by atoms with Crippen LogP contribution in [0.25, 0.3) is 11.5 Å². The molecule has 2 N–H and O–H groups in total. The van der Waals surface area contributed by atoms with Gasteiger partial charge in [0, 0.05) is 25.7 Å². The topological polar surface area (TPSA) is 65.7 Å². The van der Waals surface area contributed by atoms with Crippen molar-refractivity contribution in [1.82, 2.24) is 20.5 Å². The molecule has 3 rings (SSSR count). The third-order valence-corrected chi connectivity index (χ3v) is 4.46. The Labute approximate surface area is 172 Å². The highest BCUT2D eigenvalue weighted by atomic mass is 16.3. The van der Waals surface area contributed by atoms with Crippen LogP contribution in [0.15, 0.2) is 64.2 Å². The zero-order chi connectivity index (χ0) is 20.6. The predicted molar refractivity (Wildman–Crippen MR) is 118 cm³/mol. The number of aromatic nitrogens is 1. The SMILES string of the molecule is CN=C(NCc1cccc(CN(C)C)c1)NCc1coc(-c2ccc(C)cc2)n1. The summed E-state index contributed by atoms with van der Waals surface area (Å²) in [5.74, 6) is 1.35. The number of benzene rings is 2. The summed E-state index contributed by atoms with van der Waals surface area (Å²) < 4.78 is 5.62. The average Bonchev–Trinajstić information content (AvgIpc) is 3.17. The van der Waals surface area contributed by atoms with Crippen molar-refractivity contribution < 1.29 is 4.42 Å². The molecule has 6 nitrogen and oxygen atoms in total. The summed E-state index contributed by atoms with van der Waals surface area (Å²) in [5, 5.41) is 6.63. The van der Waals surface area contributed by atoms with Crippen LogP contribution in [0.3, 0.4) is 0 Å². The molecule has 0 fully saturated rings. The van der Waals surface area contributed by atoms with E-state index in [0.717, 1.165) is 23.8 Å². The molecule has 2 aromatic carbocycles. The van der Waals surface area contributed by atoms with Gasteiger partial charge in [-0.05, 0) is 44.3 Å². The van der Waals surface area contributed by atoms with E-state index in [4.69, 9.17) is 4.42 Å². The van der Waals surface area contributed by atoms with E-state index in [1.54, 1.807) is 13.3 Å². The Morgan fingerprint density at radius 1 is 1.03 bits per heavy atom. The quantitative estimate of drug-likeness (QED) is 0.476. The van der Waals surface area contributed by atoms with Crippen molar-refractivity contribution in [3.05, 3.63) is 77.2 Å². The smallest absolute Gasteiger partial charge is 0.226 e. The highest BCUT2D eigenvalue weighted by Crippen LogP contribution is 2.19. The van der Waals surface area contributed by atoms with Crippen LogP contribution in [0.1, 0.15) is 22.4 Å². The van der Waals surface area contributed by atoms with E-state index >= 15 is 0 Å². The lowest BCUT2D eigenvalue weighted by Crippen LogP contribution is -2.36. The first kappa shape index (κ1) is 20.6. The van der Waals surface area contributed by atoms with Gasteiger partial charge >= 0.3 is 0 Å². The molecule has 1 aromatic heterocycles. The zero-order valence-electron chi connectivity index (χ0n) is 17.6. The summed E-state index contributed by atoms with van der Waals surface area (Å²) in [6.07, 6.45) is 1.68. The van der Waals surface area contributed by atoms with E-state index in [0.29, 0.717) is 19.0 Å². The first-order chi connectivity index (χ1) is 14.0. The maximum Gasteiger partial charge on any atom is 0.226 e. The Balaban J connectivity index is 1.53. The molecule has 29 heavy (non-hydrogen) atoms. The molecule has 152 valence electrons. The monoisotopic (exact) mass is 391 g/mol. The molecule has 0 saturated carbocycles. The standard InChI is InChI=1S/C23H29N5O/c1-17-8-10-20(11-9-17)22-27-21(16-29-22)14-26-23(24-2)25-13-18-6-5-7-19(12-18)15-28(3)4/h5-12,16H,13-15H2,1-4H3,(H2,24,25,26). The molecule has 6 heteroatoms. The fraction of sp³-hybridized carbons (Fsp3) is 0.304. The number of nitrogens with one attached hydrogen (secondary N) is 2. The van der Waals surface area contributed by atoms with Gasteiger partial charge in [-0.15, -0.1) is 0 Å². The van der Waals surface area contributed by atoms with Gasteiger partial charge in [0.15, 0.2) is 5.96 Å². The molecule has 0 bridgehead atoms. The Morgan fingerprint density at radius 3 is 2.48 bits per heavy atom. The van der Waals surface area contributed by atoms with Gasteiger partial charge in [0.05, 0.1) is 12.2 Å². The average molecular weight is 392 g/mol. The van der Waals surface area contributed by atoms with E-state index in [1.807, 2.05) is 12.1 Å². The lowest BCUT2D eigenvalue weighted by Gasteiger charge is -2.13. The molecule has 0 atom stereocenters. The number of oxazole rings is 1. The highest BCUT2D eigenvalue weighted by Gasteiger charge is 2.07. The van der Waals surface area contributed by atoms with E-state index in [-0.39, 0.29) is 0 Å². The number of nitrogens with zero attached hydrogens (tertiary/aromatic N) is 3. The van der Waals surface area contributed by atoms with Crippen LogP contribution in [0.5, 0.6) is 0 Å². The highest BCUT2D eigenvalue weighted by molar-refractivity contribution is 5.79. The Hall–Kier alpha value is -3.12. The molecule has 0 spiro atoms. The lowest BCUT2D eigenvalue weighted by molar-refractivity contribution is 0.402. The first-order valence-electron chi connectivity index (χ1n) is 9.72. The molecule has 0 unspecified atom stereocenters. The van der Waals surface area contributed by atoms with Crippen LogP contribution in [-0.2, 0) is 19.6 Å². The van der Waals surface area contributed by atoms with Crippen LogP contribution in [-0.4, -0.2) is 37.0 Å². The Morgan fingerprint density at radius 2 is 1.76 bits per heavy atom. The van der Waals surface area contributed by atoms with Crippen molar-refractivity contribution in [1.29, 1.82) is 0 Å². The lowest BCUT2D eigenvalue weighted by atomic mass is 10.1. The predicted octanol–water partition coefficient (Wildman–Crippen LogP) is 3.58. The third kappa shape index (κ3) is 6.19. The van der Waals surface area contributed by atoms with Gasteiger partial charge in [-0.25, -0.2) is 4.98 Å². The number of aliphatic imine (C=N–C) groups is 1. The largest absolute Gasteiger partial charge is 0.444 e. The maximum atomic E-state index is 5.62. The summed E-state index contributed by atoms with van der Waals surface area (Å²) in [6.45, 7) is 4.23. The number of guanidine groups is 1. The van der Waals surface area contributed by atoms with Crippen LogP contribution < -0.4 is 10.6 Å². The van der Waals surface area contributed by atoms with Crippen molar-refractivity contribution in [3.8, 4) is 11.5 Å². The van der Waals surface area contributed by atoms with Gasteiger partial charge < -0.3 is 20.0 Å². The first-order valence-corrected chi connectivity index (χ1v) is 9.72. The second-order valence-corrected chi connectivity index (χ2v) is 7.35. The summed E-state index contributed by atoms with van der Waals surface area (Å²) in [5.41, 5.74) is 5.53. The van der Waals surface area contributed by atoms with E-state index in [2.05, 4.69) is 82.9 Å². The zero-order valence-corrected chi connectivity index (χ0v) is 17.6. The minimum atomic E-state index is 0.537. The van der Waals surface area contributed by atoms with Crippen molar-refractivity contribution >= 4 is 5.96 Å². The third-order valence-electron chi connectivity index (χ3n) is 4.46. The number of rotatable bonds is 7. The van der Waals surface area contributed by atoms with E-state index < -0.39 is 0 Å². The molecule has 0 aliphatic heterocycles. The summed E-state index contributed by atoms with van der Waals surface area (Å²) in [6, 6.07) is 16.7. The molecule has 0 saturated heterocycles. The second-order valence-electron chi connectivity index (χ2n) is 7.35. The second kappa shape index (κ2) is 9.89. The van der Waals surface area contributed by atoms with Crippen LogP contribution in [0, 0.1) is 6.92 Å². The van der Waals surface area contributed by atoms with Gasteiger partial charge in [-0.3, -0.25) is 4.99 Å². The van der Waals surface area contributed by atoms with Gasteiger partial charge in [-0.1, -0.05) is 42.0 Å². The van der Waals surface area contributed by atoms with Gasteiger partial charge in [-0.2, -0.15) is 0 Å². The molecule has 0 aliphatic rings. The molecular weight excluding hydrogens is 362 g/mol. The molecular formula is C23H29N5O. The van der Waals surface area contributed by atoms with E-state index in [9.17, 15) is 0 Å². The van der Waals surface area contributed by atoms with Crippen molar-refractivity contribution in [2.45, 2.75) is 26.6 Å². The van der Waals surface area contributed by atoms with E-state index in [1.165, 1.54) is 16.7 Å². The maximum absolute atomic E-state index is 5.62. The van der Waals surface area contributed by atoms with Crippen molar-refractivity contribution in [2.24, 2.45) is 4.99 Å². The fourth-order valence-corrected chi connectivity index (χ4v) is 3.00. The normalized spacial score (nSPS) is 11.7. The summed E-state index contributed by atoms with van der Waals surface area (Å²) >= 11 is 0. The number of hydrogen-bond acceptors (Lipinski definition) is 4. The summed E-state index contributed by atoms with van der Waals surface area (Å²) in [7, 11) is 5.91. The van der Waals surface area contributed by atoms with Crippen molar-refractivity contribution in [2.75, 3.05) is 21.1 Å². The molecule has 3 aromatic rings. The molecule has 0 radical (unpaired) electrons. The molecule has 1 heterocycles. The van der Waals surface area contributed by atoms with Crippen LogP contribution in [0.4, 0.5) is 0 Å². The fourth-order valence-electron chi connectivity index (χ4n) is 3.00. The van der Waals surface area contributed by atoms with Gasteiger partial charge in [0.2, 0.25) is 5.89 Å². The Kier molecular flexibility index (Phi) is 7.03. The Bertz CT molecular complexity index is 944. The minimum Gasteiger partial charge on any atom is -0.444 e. The number of aryl methyl sites for hydroxylation is 1. The van der Waals surface area contributed by atoms with Gasteiger partial charge in [0.25, 0.3) is 0 Å². The molecule has 0 aliphatic carbocycles. The van der Waals surface area contributed by atoms with Crippen molar-refractivity contribution in [3.63, 3.8) is 0 Å². The minimum absolute atomic E-state index is 0.537. The van der Waals surface area contributed by atoms with Crippen LogP contribution in [0.2, 0.25) is 0 Å². The van der Waals surface area contributed by atoms with Crippen LogP contribution >= 0.6 is 0 Å². The summed E-state index contributed by atoms with van der Waals surface area (Å²) in [4.78, 5) is 11.0. The molecule has 0 amide bonds. The number of hydrogen-bond donors (Lipinski definition) is 2.